The van der Waals surface area contributed by atoms with E-state index in [-0.39, 0.29) is 11.7 Å². The fourth-order valence-electron chi connectivity index (χ4n) is 1.03. The Morgan fingerprint density at radius 1 is 1.53 bits per heavy atom. The number of hydrogen-bond donors (Lipinski definition) is 2. The summed E-state index contributed by atoms with van der Waals surface area (Å²) in [5.41, 5.74) is 0. The Morgan fingerprint density at radius 2 is 2.29 bits per heavy atom. The smallest absolute Gasteiger partial charge is 0.321 e. The molecule has 0 aromatic rings. The van der Waals surface area contributed by atoms with E-state index in [1.54, 1.807) is 11.8 Å². The molecule has 0 saturated heterocycles. The Morgan fingerprint density at radius 3 is 2.88 bits per heavy atom. The van der Waals surface area contributed by atoms with Crippen LogP contribution in [0.1, 0.15) is 13.8 Å². The number of amides is 3. The SMILES string of the molecule is CC(C)CNC(=O)NC(=O)CSC1=NCCS1. The zero-order chi connectivity index (χ0) is 12.7. The van der Waals surface area contributed by atoms with Gasteiger partial charge in [0.1, 0.15) is 4.38 Å². The van der Waals surface area contributed by atoms with E-state index in [2.05, 4.69) is 15.6 Å². The molecule has 2 N–H and O–H groups in total. The molecular weight excluding hydrogens is 258 g/mol. The molecule has 0 unspecified atom stereocenters. The van der Waals surface area contributed by atoms with Crippen molar-refractivity contribution in [3.05, 3.63) is 0 Å². The van der Waals surface area contributed by atoms with Gasteiger partial charge in [0.25, 0.3) is 0 Å². The second-order valence-corrected chi connectivity index (χ2v) is 6.24. The van der Waals surface area contributed by atoms with E-state index >= 15 is 0 Å². The molecule has 1 aliphatic heterocycles. The van der Waals surface area contributed by atoms with Crippen LogP contribution in [0.2, 0.25) is 0 Å². The third-order valence-corrected chi connectivity index (χ3v) is 4.06. The number of imide groups is 1. The molecule has 0 radical (unpaired) electrons. The highest BCUT2D eigenvalue weighted by Gasteiger charge is 2.12. The second kappa shape index (κ2) is 7.60. The van der Waals surface area contributed by atoms with Crippen molar-refractivity contribution in [2.75, 3.05) is 24.6 Å². The van der Waals surface area contributed by atoms with Crippen LogP contribution < -0.4 is 10.6 Å². The van der Waals surface area contributed by atoms with Gasteiger partial charge in [-0.15, -0.1) is 0 Å². The molecule has 0 aromatic heterocycles. The topological polar surface area (TPSA) is 70.6 Å². The van der Waals surface area contributed by atoms with Crippen LogP contribution in [0, 0.1) is 5.92 Å². The summed E-state index contributed by atoms with van der Waals surface area (Å²) >= 11 is 3.03. The summed E-state index contributed by atoms with van der Waals surface area (Å²) in [5, 5.41) is 4.91. The van der Waals surface area contributed by atoms with Crippen molar-refractivity contribution in [2.24, 2.45) is 10.9 Å². The number of aliphatic imine (C=N–C) groups is 1. The summed E-state index contributed by atoms with van der Waals surface area (Å²) in [5.74, 6) is 1.31. The van der Waals surface area contributed by atoms with E-state index in [1.165, 1.54) is 11.8 Å². The predicted octanol–water partition coefficient (Wildman–Crippen LogP) is 1.30. The molecule has 0 atom stereocenters. The predicted molar refractivity (Wildman–Crippen MR) is 73.6 cm³/mol. The number of carbonyl (C=O) groups excluding carboxylic acids is 2. The summed E-state index contributed by atoms with van der Waals surface area (Å²) in [4.78, 5) is 26.9. The van der Waals surface area contributed by atoms with E-state index in [0.717, 1.165) is 16.7 Å². The van der Waals surface area contributed by atoms with Gasteiger partial charge in [-0.05, 0) is 5.92 Å². The third kappa shape index (κ3) is 6.58. The number of urea groups is 1. The number of carbonyl (C=O) groups is 2. The van der Waals surface area contributed by atoms with Crippen LogP contribution in [-0.2, 0) is 4.79 Å². The third-order valence-electron chi connectivity index (χ3n) is 1.81. The average molecular weight is 275 g/mol. The molecular formula is C10H17N3O2S2. The van der Waals surface area contributed by atoms with Crippen LogP contribution in [-0.4, -0.2) is 40.9 Å². The maximum Gasteiger partial charge on any atom is 0.321 e. The molecule has 96 valence electrons. The van der Waals surface area contributed by atoms with E-state index in [1.807, 2.05) is 13.8 Å². The van der Waals surface area contributed by atoms with Crippen LogP contribution in [0.25, 0.3) is 0 Å². The average Bonchev–Trinajstić information content (AvgIpc) is 2.76. The molecule has 3 amide bonds. The highest BCUT2D eigenvalue weighted by Crippen LogP contribution is 2.21. The van der Waals surface area contributed by atoms with E-state index < -0.39 is 6.03 Å². The van der Waals surface area contributed by atoms with Crippen molar-refractivity contribution in [1.29, 1.82) is 0 Å². The first-order chi connectivity index (χ1) is 8.08. The zero-order valence-corrected chi connectivity index (χ0v) is 11.6. The standard InChI is InChI=1S/C10H17N3O2S2/c1-7(2)5-12-9(15)13-8(14)6-17-10-11-3-4-16-10/h7H,3-6H2,1-2H3,(H2,12,13,14,15). The maximum absolute atomic E-state index is 11.4. The van der Waals surface area contributed by atoms with Gasteiger partial charge in [0.05, 0.1) is 12.3 Å². The van der Waals surface area contributed by atoms with Crippen LogP contribution in [0.5, 0.6) is 0 Å². The fraction of sp³-hybridized carbons (Fsp3) is 0.700. The Labute approximate surface area is 110 Å². The molecule has 0 aromatic carbocycles. The van der Waals surface area contributed by atoms with Gasteiger partial charge in [0.2, 0.25) is 5.91 Å². The lowest BCUT2D eigenvalue weighted by molar-refractivity contribution is -0.117. The van der Waals surface area contributed by atoms with E-state index in [4.69, 9.17) is 0 Å². The molecule has 0 saturated carbocycles. The first-order valence-corrected chi connectivity index (χ1v) is 7.42. The minimum Gasteiger partial charge on any atom is -0.338 e. The van der Waals surface area contributed by atoms with Crippen molar-refractivity contribution in [3.8, 4) is 0 Å². The molecule has 1 heterocycles. The summed E-state index contributed by atoms with van der Waals surface area (Å²) in [6.45, 7) is 5.37. The van der Waals surface area contributed by atoms with Gasteiger partial charge in [0, 0.05) is 12.3 Å². The molecule has 5 nitrogen and oxygen atoms in total. The van der Waals surface area contributed by atoms with Crippen molar-refractivity contribution < 1.29 is 9.59 Å². The van der Waals surface area contributed by atoms with E-state index in [9.17, 15) is 9.59 Å². The van der Waals surface area contributed by atoms with Crippen molar-refractivity contribution in [3.63, 3.8) is 0 Å². The monoisotopic (exact) mass is 275 g/mol. The molecule has 0 spiro atoms. The lowest BCUT2D eigenvalue weighted by atomic mass is 10.2. The van der Waals surface area contributed by atoms with Gasteiger partial charge in [-0.1, -0.05) is 37.4 Å². The molecule has 1 aliphatic rings. The maximum atomic E-state index is 11.4. The Kier molecular flexibility index (Phi) is 6.43. The van der Waals surface area contributed by atoms with Crippen LogP contribution >= 0.6 is 23.5 Å². The number of hydrogen-bond acceptors (Lipinski definition) is 5. The van der Waals surface area contributed by atoms with Crippen LogP contribution in [0.3, 0.4) is 0 Å². The molecule has 0 aliphatic carbocycles. The molecule has 0 fully saturated rings. The zero-order valence-electron chi connectivity index (χ0n) is 9.99. The lowest BCUT2D eigenvalue weighted by Crippen LogP contribution is -2.41. The molecule has 17 heavy (non-hydrogen) atoms. The molecule has 1 rings (SSSR count). The van der Waals surface area contributed by atoms with Gasteiger partial charge in [-0.25, -0.2) is 4.79 Å². The minimum absolute atomic E-state index is 0.237. The van der Waals surface area contributed by atoms with Crippen LogP contribution in [0.15, 0.2) is 4.99 Å². The second-order valence-electron chi connectivity index (χ2n) is 3.94. The molecule has 7 heteroatoms. The fourth-order valence-corrected chi connectivity index (χ4v) is 2.84. The van der Waals surface area contributed by atoms with E-state index in [0.29, 0.717) is 12.5 Å². The lowest BCUT2D eigenvalue weighted by Gasteiger charge is -2.08. The van der Waals surface area contributed by atoms with Gasteiger partial charge < -0.3 is 5.32 Å². The van der Waals surface area contributed by atoms with Crippen molar-refractivity contribution >= 4 is 39.8 Å². The largest absolute Gasteiger partial charge is 0.338 e. The number of thioether (sulfide) groups is 2. The minimum atomic E-state index is -0.426. The van der Waals surface area contributed by atoms with Gasteiger partial charge in [0.15, 0.2) is 0 Å². The number of rotatable bonds is 4. The quantitative estimate of drug-likeness (QED) is 0.811. The van der Waals surface area contributed by atoms with Crippen LogP contribution in [0.4, 0.5) is 4.79 Å². The Bertz CT molecular complexity index is 319. The Hall–Kier alpha value is -0.690. The van der Waals surface area contributed by atoms with Gasteiger partial charge in [-0.2, -0.15) is 0 Å². The summed E-state index contributed by atoms with van der Waals surface area (Å²) in [7, 11) is 0. The first-order valence-electron chi connectivity index (χ1n) is 5.45. The summed E-state index contributed by atoms with van der Waals surface area (Å²) in [6, 6.07) is -0.426. The highest BCUT2D eigenvalue weighted by molar-refractivity contribution is 8.39. The number of nitrogens with zero attached hydrogens (tertiary/aromatic N) is 1. The summed E-state index contributed by atoms with van der Waals surface area (Å²) in [6.07, 6.45) is 0. The number of nitrogens with one attached hydrogen (secondary N) is 2. The molecule has 0 bridgehead atoms. The highest BCUT2D eigenvalue weighted by atomic mass is 32.2. The van der Waals surface area contributed by atoms with Gasteiger partial charge in [-0.3, -0.25) is 15.1 Å². The van der Waals surface area contributed by atoms with Crippen molar-refractivity contribution in [2.45, 2.75) is 13.8 Å². The van der Waals surface area contributed by atoms with Gasteiger partial charge >= 0.3 is 6.03 Å². The first kappa shape index (κ1) is 14.4. The van der Waals surface area contributed by atoms with Crippen molar-refractivity contribution in [1.82, 2.24) is 10.6 Å². The normalized spacial score (nSPS) is 14.6. The Balaban J connectivity index is 2.13. The summed E-state index contributed by atoms with van der Waals surface area (Å²) < 4.78 is 0.933.